The van der Waals surface area contributed by atoms with Crippen LogP contribution in [0.3, 0.4) is 0 Å². The van der Waals surface area contributed by atoms with Crippen molar-refractivity contribution in [3.05, 3.63) is 75.1 Å². The maximum atomic E-state index is 6.42. The van der Waals surface area contributed by atoms with Gasteiger partial charge >= 0.3 is 0 Å². The Morgan fingerprint density at radius 1 is 0.893 bits per heavy atom. The van der Waals surface area contributed by atoms with E-state index in [0.717, 1.165) is 30.1 Å². The van der Waals surface area contributed by atoms with Gasteiger partial charge < -0.3 is 0 Å². The Kier molecular flexibility index (Phi) is 7.45. The molecule has 2 heterocycles. The zero-order valence-electron chi connectivity index (χ0n) is 16.4. The van der Waals surface area contributed by atoms with Crippen LogP contribution in [0.5, 0.6) is 0 Å². The minimum Gasteiger partial charge on any atom is -0.229 e. The largest absolute Gasteiger partial charge is 0.257 e. The average molecular weight is 437 g/mol. The van der Waals surface area contributed by atoms with Gasteiger partial charge in [0.15, 0.2) is 5.69 Å². The number of halogens is 3. The van der Waals surface area contributed by atoms with E-state index in [-0.39, 0.29) is 0 Å². The van der Waals surface area contributed by atoms with E-state index in [2.05, 4.69) is 27.5 Å². The van der Waals surface area contributed by atoms with Crippen molar-refractivity contribution in [2.45, 2.75) is 52.6 Å². The van der Waals surface area contributed by atoms with Crippen molar-refractivity contribution >= 4 is 34.8 Å². The zero-order chi connectivity index (χ0) is 20.1. The van der Waals surface area contributed by atoms with Gasteiger partial charge in [-0.25, -0.2) is 9.13 Å². The zero-order valence-corrected chi connectivity index (χ0v) is 18.7. The van der Waals surface area contributed by atoms with Crippen molar-refractivity contribution in [3.63, 3.8) is 0 Å². The van der Waals surface area contributed by atoms with Crippen molar-refractivity contribution in [2.24, 2.45) is 0 Å². The summed E-state index contributed by atoms with van der Waals surface area (Å²) in [5.74, 6) is 1.36. The Bertz CT molecular complexity index is 930. The fourth-order valence-electron chi connectivity index (χ4n) is 3.67. The van der Waals surface area contributed by atoms with E-state index in [1.54, 1.807) is 0 Å². The first-order valence-corrected chi connectivity index (χ1v) is 11.1. The van der Waals surface area contributed by atoms with E-state index in [9.17, 15) is 0 Å². The Morgan fingerprint density at radius 3 is 2.32 bits per heavy atom. The summed E-state index contributed by atoms with van der Waals surface area (Å²) in [4.78, 5) is 0. The van der Waals surface area contributed by atoms with Gasteiger partial charge in [-0.1, -0.05) is 54.7 Å². The second-order valence-electron chi connectivity index (χ2n) is 6.76. The normalized spacial score (nSPS) is 13.3. The van der Waals surface area contributed by atoms with E-state index < -0.39 is 0 Å². The van der Waals surface area contributed by atoms with Crippen LogP contribution in [0.15, 0.2) is 48.7 Å². The molecule has 0 aliphatic carbocycles. The molecular formula is C23H26Cl3N2+. The lowest BCUT2D eigenvalue weighted by atomic mass is 10.1. The molecule has 1 aliphatic rings. The number of benzene rings is 2. The molecule has 2 nitrogen and oxygen atoms in total. The predicted octanol–water partition coefficient (Wildman–Crippen LogP) is 7.20. The quantitative estimate of drug-likeness (QED) is 0.384. The van der Waals surface area contributed by atoms with E-state index in [1.165, 1.54) is 36.3 Å². The number of fused-ring (bicyclic) bond motifs is 1. The number of hydrogen-bond acceptors (Lipinski definition) is 0. The third-order valence-corrected chi connectivity index (χ3v) is 5.83. The third kappa shape index (κ3) is 4.74. The SMILES string of the molecule is CC.Clc1ccc(-c2c[n+](Cc3ccc(Cl)cc3Cl)c3n2CCCCC3)cc1. The summed E-state index contributed by atoms with van der Waals surface area (Å²) >= 11 is 18.5. The van der Waals surface area contributed by atoms with Gasteiger partial charge in [-0.3, -0.25) is 0 Å². The van der Waals surface area contributed by atoms with Gasteiger partial charge in [0.05, 0.1) is 6.54 Å². The molecule has 0 N–H and O–H groups in total. The summed E-state index contributed by atoms with van der Waals surface area (Å²) in [5, 5.41) is 2.14. The number of aromatic nitrogens is 2. The smallest absolute Gasteiger partial charge is 0.229 e. The van der Waals surface area contributed by atoms with Crippen LogP contribution < -0.4 is 4.57 Å². The second kappa shape index (κ2) is 9.82. The molecule has 0 unspecified atom stereocenters. The van der Waals surface area contributed by atoms with Gasteiger partial charge in [0.25, 0.3) is 5.82 Å². The van der Waals surface area contributed by atoms with Crippen LogP contribution >= 0.6 is 34.8 Å². The lowest BCUT2D eigenvalue weighted by molar-refractivity contribution is -0.695. The van der Waals surface area contributed by atoms with E-state index in [1.807, 2.05) is 44.2 Å². The molecule has 5 heteroatoms. The van der Waals surface area contributed by atoms with Crippen LogP contribution in [-0.2, 0) is 19.5 Å². The first-order chi connectivity index (χ1) is 13.6. The molecule has 0 radical (unpaired) electrons. The van der Waals surface area contributed by atoms with Gasteiger partial charge in [0.2, 0.25) is 0 Å². The fraction of sp³-hybridized carbons (Fsp3) is 0.348. The summed E-state index contributed by atoms with van der Waals surface area (Å²) in [7, 11) is 0. The monoisotopic (exact) mass is 435 g/mol. The maximum Gasteiger partial charge on any atom is 0.257 e. The molecular weight excluding hydrogens is 411 g/mol. The van der Waals surface area contributed by atoms with Crippen molar-refractivity contribution < 1.29 is 4.57 Å². The van der Waals surface area contributed by atoms with Crippen LogP contribution in [0.1, 0.15) is 44.5 Å². The van der Waals surface area contributed by atoms with Crippen LogP contribution in [-0.4, -0.2) is 4.57 Å². The first kappa shape index (κ1) is 21.2. The highest BCUT2D eigenvalue weighted by Gasteiger charge is 2.26. The Morgan fingerprint density at radius 2 is 1.61 bits per heavy atom. The van der Waals surface area contributed by atoms with Gasteiger partial charge in [-0.2, -0.15) is 0 Å². The summed E-state index contributed by atoms with van der Waals surface area (Å²) < 4.78 is 4.80. The van der Waals surface area contributed by atoms with Crippen molar-refractivity contribution in [1.29, 1.82) is 0 Å². The molecule has 2 aromatic carbocycles. The lowest BCUT2D eigenvalue weighted by Crippen LogP contribution is -2.37. The van der Waals surface area contributed by atoms with Gasteiger partial charge in [0, 0.05) is 32.6 Å². The van der Waals surface area contributed by atoms with Crippen molar-refractivity contribution in [3.8, 4) is 11.3 Å². The Hall–Kier alpha value is -1.48. The molecule has 0 spiro atoms. The third-order valence-electron chi connectivity index (χ3n) is 4.99. The summed E-state index contributed by atoms with van der Waals surface area (Å²) in [5.41, 5.74) is 3.52. The molecule has 148 valence electrons. The summed E-state index contributed by atoms with van der Waals surface area (Å²) in [6.07, 6.45) is 7.03. The predicted molar refractivity (Wildman–Crippen MR) is 120 cm³/mol. The van der Waals surface area contributed by atoms with Gasteiger partial charge in [0.1, 0.15) is 12.7 Å². The summed E-state index contributed by atoms with van der Waals surface area (Å²) in [6.45, 7) is 5.80. The standard InChI is InChI=1S/C21H20Cl3N2.C2H6/c22-17-8-5-15(6-9-17)20-14-25(21-4-2-1-3-11-26(20)21)13-16-7-10-18(23)12-19(16)24;1-2/h5-10,12,14H,1-4,11,13H2;1-2H3/q+1;. The highest BCUT2D eigenvalue weighted by molar-refractivity contribution is 6.35. The molecule has 3 aromatic rings. The molecule has 0 amide bonds. The van der Waals surface area contributed by atoms with E-state index in [0.29, 0.717) is 10.0 Å². The minimum atomic E-state index is 0.668. The van der Waals surface area contributed by atoms with E-state index >= 15 is 0 Å². The van der Waals surface area contributed by atoms with Crippen LogP contribution in [0.4, 0.5) is 0 Å². The number of hydrogen-bond donors (Lipinski definition) is 0. The minimum absolute atomic E-state index is 0.668. The van der Waals surface area contributed by atoms with Crippen LogP contribution in [0, 0.1) is 0 Å². The highest BCUT2D eigenvalue weighted by atomic mass is 35.5. The molecule has 0 saturated carbocycles. The first-order valence-electron chi connectivity index (χ1n) is 9.93. The topological polar surface area (TPSA) is 8.81 Å². The number of imidazole rings is 1. The molecule has 0 bridgehead atoms. The maximum absolute atomic E-state index is 6.42. The highest BCUT2D eigenvalue weighted by Crippen LogP contribution is 2.26. The number of rotatable bonds is 3. The summed E-state index contributed by atoms with van der Waals surface area (Å²) in [6, 6.07) is 13.8. The fourth-order valence-corrected chi connectivity index (χ4v) is 4.26. The van der Waals surface area contributed by atoms with E-state index in [4.69, 9.17) is 34.8 Å². The van der Waals surface area contributed by atoms with Crippen LogP contribution in [0.2, 0.25) is 15.1 Å². The molecule has 1 aromatic heterocycles. The Labute approximate surface area is 182 Å². The van der Waals surface area contributed by atoms with Gasteiger partial charge in [-0.05, 0) is 55.7 Å². The number of nitrogens with zero attached hydrogens (tertiary/aromatic N) is 2. The Balaban J connectivity index is 0.00000109. The molecule has 0 atom stereocenters. The molecule has 28 heavy (non-hydrogen) atoms. The van der Waals surface area contributed by atoms with Crippen LogP contribution in [0.25, 0.3) is 11.3 Å². The second-order valence-corrected chi connectivity index (χ2v) is 8.04. The van der Waals surface area contributed by atoms with Gasteiger partial charge in [-0.15, -0.1) is 0 Å². The molecule has 4 rings (SSSR count). The molecule has 0 saturated heterocycles. The lowest BCUT2D eigenvalue weighted by Gasteiger charge is -2.05. The molecule has 0 fully saturated rings. The molecule has 1 aliphatic heterocycles. The van der Waals surface area contributed by atoms with Crippen molar-refractivity contribution in [2.75, 3.05) is 0 Å². The average Bonchev–Trinajstić information content (AvgIpc) is 2.87. The van der Waals surface area contributed by atoms with Crippen molar-refractivity contribution in [1.82, 2.24) is 4.57 Å².